The zero-order valence-electron chi connectivity index (χ0n) is 24.5. The summed E-state index contributed by atoms with van der Waals surface area (Å²) in [6.45, 7) is 10.7. The molecule has 4 saturated heterocycles. The van der Waals surface area contributed by atoms with Crippen molar-refractivity contribution in [2.24, 2.45) is 0 Å². The number of benzene rings is 2. The van der Waals surface area contributed by atoms with Crippen molar-refractivity contribution in [1.82, 2.24) is 0 Å². The second kappa shape index (κ2) is 12.0. The van der Waals surface area contributed by atoms with Crippen LogP contribution in [0.5, 0.6) is 0 Å². The Kier molecular flexibility index (Phi) is 8.53. The molecule has 0 unspecified atom stereocenters. The third-order valence-corrected chi connectivity index (χ3v) is 7.91. The van der Waals surface area contributed by atoms with Crippen LogP contribution in [0, 0.1) is 0 Å². The predicted molar refractivity (Wildman–Crippen MR) is 147 cm³/mol. The average Bonchev–Trinajstić information content (AvgIpc) is 3.44. The summed E-state index contributed by atoms with van der Waals surface area (Å²) < 4.78 is 56.4. The maximum Gasteiger partial charge on any atom is 0.190 e. The number of hydrogen-bond donors (Lipinski definition) is 0. The smallest absolute Gasteiger partial charge is 0.190 e. The third-order valence-electron chi connectivity index (χ3n) is 7.91. The van der Waals surface area contributed by atoms with Crippen molar-refractivity contribution >= 4 is 0 Å². The summed E-state index contributed by atoms with van der Waals surface area (Å²) in [4.78, 5) is 0. The molecule has 0 N–H and O–H groups in total. The fourth-order valence-electron chi connectivity index (χ4n) is 6.09. The maximum atomic E-state index is 6.44. The van der Waals surface area contributed by atoms with E-state index in [1.54, 1.807) is 0 Å². The maximum absolute atomic E-state index is 6.44. The molecule has 0 aliphatic carbocycles. The van der Waals surface area contributed by atoms with E-state index in [0.29, 0.717) is 19.6 Å². The highest BCUT2D eigenvalue weighted by Gasteiger charge is 2.60. The Labute approximate surface area is 242 Å². The van der Waals surface area contributed by atoms with Crippen LogP contribution in [-0.4, -0.2) is 73.5 Å². The van der Waals surface area contributed by atoms with Crippen molar-refractivity contribution in [3.05, 3.63) is 71.8 Å². The van der Waals surface area contributed by atoms with Gasteiger partial charge in [0, 0.05) is 6.42 Å². The first-order chi connectivity index (χ1) is 19.7. The molecule has 224 valence electrons. The van der Waals surface area contributed by atoms with Crippen LogP contribution in [-0.2, 0) is 55.8 Å². The minimum Gasteiger partial charge on any atom is -0.371 e. The quantitative estimate of drug-likeness (QED) is 0.426. The Balaban J connectivity index is 1.11. The molecule has 0 spiro atoms. The van der Waals surface area contributed by atoms with Crippen molar-refractivity contribution in [1.29, 1.82) is 0 Å². The second-order valence-corrected chi connectivity index (χ2v) is 12.1. The normalized spacial score (nSPS) is 37.4. The molecule has 4 aliphatic rings. The van der Waals surface area contributed by atoms with E-state index in [0.717, 1.165) is 11.1 Å². The van der Waals surface area contributed by atoms with Gasteiger partial charge in [-0.15, -0.1) is 0 Å². The molecule has 4 aliphatic heterocycles. The standard InChI is InChI=1S/C32H42O9/c1-20-26(35-18-22-14-10-7-11-15-22)23(33-17-21-12-8-6-9-13-21)16-25(36-20)34-19-24-27-28(39-31(2,3)38-27)29-30(37-24)41-32(4,5)40-29/h6-15,20,23-30H,16-19H2,1-5H3/t20-,23-,24-,25+,26-,27+,28+,29-,30-/m1/s1. The Morgan fingerprint density at radius 1 is 0.683 bits per heavy atom. The molecule has 0 radical (unpaired) electrons. The topological polar surface area (TPSA) is 83.1 Å². The highest BCUT2D eigenvalue weighted by molar-refractivity contribution is 5.14. The molecule has 6 rings (SSSR count). The number of rotatable bonds is 9. The van der Waals surface area contributed by atoms with Crippen LogP contribution >= 0.6 is 0 Å². The minimum atomic E-state index is -0.772. The fraction of sp³-hybridized carbons (Fsp3) is 0.625. The largest absolute Gasteiger partial charge is 0.371 e. The van der Waals surface area contributed by atoms with E-state index < -0.39 is 30.3 Å². The van der Waals surface area contributed by atoms with E-state index in [9.17, 15) is 0 Å². The average molecular weight is 571 g/mol. The lowest BCUT2D eigenvalue weighted by atomic mass is 9.99. The van der Waals surface area contributed by atoms with Gasteiger partial charge in [0.2, 0.25) is 0 Å². The van der Waals surface area contributed by atoms with Gasteiger partial charge >= 0.3 is 0 Å². The summed E-state index contributed by atoms with van der Waals surface area (Å²) in [6, 6.07) is 20.3. The Bertz CT molecular complexity index is 1130. The van der Waals surface area contributed by atoms with Crippen molar-refractivity contribution in [2.45, 2.75) is 121 Å². The Morgan fingerprint density at radius 3 is 1.95 bits per heavy atom. The molecule has 9 atom stereocenters. The first-order valence-corrected chi connectivity index (χ1v) is 14.6. The van der Waals surface area contributed by atoms with Gasteiger partial charge in [-0.1, -0.05) is 60.7 Å². The van der Waals surface area contributed by atoms with Gasteiger partial charge in [0.05, 0.1) is 32.0 Å². The molecule has 0 amide bonds. The van der Waals surface area contributed by atoms with Gasteiger partial charge in [-0.2, -0.15) is 0 Å². The summed E-state index contributed by atoms with van der Waals surface area (Å²) in [6.07, 6.45) is -2.79. The molecule has 9 nitrogen and oxygen atoms in total. The summed E-state index contributed by atoms with van der Waals surface area (Å²) in [5, 5.41) is 0. The first kappa shape index (κ1) is 29.2. The monoisotopic (exact) mass is 570 g/mol. The Hall–Kier alpha value is -1.92. The fourth-order valence-corrected chi connectivity index (χ4v) is 6.09. The third kappa shape index (κ3) is 6.85. The van der Waals surface area contributed by atoms with Gasteiger partial charge in [0.15, 0.2) is 24.2 Å². The molecule has 0 saturated carbocycles. The molecule has 0 aromatic heterocycles. The molecule has 4 fully saturated rings. The van der Waals surface area contributed by atoms with Crippen LogP contribution in [0.25, 0.3) is 0 Å². The number of fused-ring (bicyclic) bond motifs is 3. The van der Waals surface area contributed by atoms with Crippen LogP contribution in [0.3, 0.4) is 0 Å². The Morgan fingerprint density at radius 2 is 1.27 bits per heavy atom. The van der Waals surface area contributed by atoms with Gasteiger partial charge in [-0.3, -0.25) is 0 Å². The van der Waals surface area contributed by atoms with Crippen molar-refractivity contribution in [3.8, 4) is 0 Å². The summed E-state index contributed by atoms with van der Waals surface area (Å²) >= 11 is 0. The van der Waals surface area contributed by atoms with Crippen molar-refractivity contribution < 1.29 is 42.6 Å². The molecule has 2 aromatic rings. The molecule has 41 heavy (non-hydrogen) atoms. The zero-order valence-corrected chi connectivity index (χ0v) is 24.5. The van der Waals surface area contributed by atoms with Crippen molar-refractivity contribution in [2.75, 3.05) is 6.61 Å². The summed E-state index contributed by atoms with van der Waals surface area (Å²) in [7, 11) is 0. The van der Waals surface area contributed by atoms with E-state index in [-0.39, 0.29) is 43.2 Å². The number of ether oxygens (including phenoxy) is 9. The summed E-state index contributed by atoms with van der Waals surface area (Å²) in [5.74, 6) is -1.54. The van der Waals surface area contributed by atoms with Gasteiger partial charge in [-0.05, 0) is 45.7 Å². The lowest BCUT2D eigenvalue weighted by Gasteiger charge is -2.41. The SMILES string of the molecule is C[C@H]1O[C@H](OC[C@H]2O[C@@H]3OC(C)(C)O[C@@H]3[C@H]3OC(C)(C)O[C@H]32)C[C@@H](OCc2ccccc2)[C@@H]1OCc1ccccc1. The lowest BCUT2D eigenvalue weighted by molar-refractivity contribution is -0.288. The lowest BCUT2D eigenvalue weighted by Crippen LogP contribution is -2.57. The van der Waals surface area contributed by atoms with Crippen LogP contribution in [0.4, 0.5) is 0 Å². The molecule has 4 heterocycles. The van der Waals surface area contributed by atoms with E-state index in [1.807, 2.05) is 71.0 Å². The first-order valence-electron chi connectivity index (χ1n) is 14.6. The highest BCUT2D eigenvalue weighted by Crippen LogP contribution is 2.44. The summed E-state index contributed by atoms with van der Waals surface area (Å²) in [5.41, 5.74) is 2.20. The number of hydrogen-bond acceptors (Lipinski definition) is 9. The minimum absolute atomic E-state index is 0.227. The van der Waals surface area contributed by atoms with Crippen LogP contribution in [0.1, 0.15) is 52.2 Å². The van der Waals surface area contributed by atoms with Crippen LogP contribution in [0.2, 0.25) is 0 Å². The van der Waals surface area contributed by atoms with E-state index in [1.165, 1.54) is 0 Å². The van der Waals surface area contributed by atoms with Gasteiger partial charge in [0.25, 0.3) is 0 Å². The molecule has 9 heteroatoms. The highest BCUT2D eigenvalue weighted by atomic mass is 16.9. The molecular formula is C32H42O9. The second-order valence-electron chi connectivity index (χ2n) is 12.1. The van der Waals surface area contributed by atoms with Crippen molar-refractivity contribution in [3.63, 3.8) is 0 Å². The van der Waals surface area contributed by atoms with Gasteiger partial charge in [0.1, 0.15) is 30.5 Å². The van der Waals surface area contributed by atoms with E-state index >= 15 is 0 Å². The van der Waals surface area contributed by atoms with Gasteiger partial charge in [-0.25, -0.2) is 0 Å². The molecular weight excluding hydrogens is 528 g/mol. The molecule has 0 bridgehead atoms. The predicted octanol–water partition coefficient (Wildman–Crippen LogP) is 4.71. The van der Waals surface area contributed by atoms with Crippen LogP contribution in [0.15, 0.2) is 60.7 Å². The molecule has 2 aromatic carbocycles. The van der Waals surface area contributed by atoms with E-state index in [2.05, 4.69) is 24.3 Å². The zero-order chi connectivity index (χ0) is 28.6. The van der Waals surface area contributed by atoms with Gasteiger partial charge < -0.3 is 42.6 Å². The van der Waals surface area contributed by atoms with E-state index in [4.69, 9.17) is 42.6 Å². The van der Waals surface area contributed by atoms with Crippen LogP contribution < -0.4 is 0 Å².